The topological polar surface area (TPSA) is 58.6 Å². The Kier molecular flexibility index (Phi) is 5.85. The van der Waals surface area contributed by atoms with E-state index in [9.17, 15) is 9.18 Å². The summed E-state index contributed by atoms with van der Waals surface area (Å²) in [5.74, 6) is 0.0417. The van der Waals surface area contributed by atoms with Crippen molar-refractivity contribution in [3.05, 3.63) is 45.4 Å². The fraction of sp³-hybridized carbons (Fsp3) is 0.312. The first-order valence-electron chi connectivity index (χ1n) is 7.61. The normalized spacial score (nSPS) is 14.5. The van der Waals surface area contributed by atoms with Gasteiger partial charge in [0.25, 0.3) is 5.91 Å². The van der Waals surface area contributed by atoms with Crippen LogP contribution in [0.15, 0.2) is 39.5 Å². The Morgan fingerprint density at radius 1 is 1.12 bits per heavy atom. The van der Waals surface area contributed by atoms with Crippen molar-refractivity contribution in [1.82, 2.24) is 14.9 Å². The van der Waals surface area contributed by atoms with Crippen molar-refractivity contribution < 1.29 is 13.9 Å². The highest BCUT2D eigenvalue weighted by Crippen LogP contribution is 2.21. The van der Waals surface area contributed by atoms with Crippen LogP contribution in [0, 0.1) is 5.82 Å². The van der Waals surface area contributed by atoms with Crippen LogP contribution in [0.3, 0.4) is 0 Å². The van der Waals surface area contributed by atoms with Crippen LogP contribution in [0.5, 0.6) is 5.75 Å². The summed E-state index contributed by atoms with van der Waals surface area (Å²) in [7, 11) is 0. The SMILES string of the molecule is O=C(COc1ccc(Br)cc1F)N1CCN(c2ncc(Br)cn2)CC1. The lowest BCUT2D eigenvalue weighted by Crippen LogP contribution is -2.50. The van der Waals surface area contributed by atoms with Crippen molar-refractivity contribution in [2.45, 2.75) is 0 Å². The van der Waals surface area contributed by atoms with Gasteiger partial charge in [-0.15, -0.1) is 0 Å². The largest absolute Gasteiger partial charge is 0.481 e. The zero-order chi connectivity index (χ0) is 17.8. The predicted molar refractivity (Wildman–Crippen MR) is 98.1 cm³/mol. The average molecular weight is 474 g/mol. The molecule has 9 heteroatoms. The van der Waals surface area contributed by atoms with Gasteiger partial charge in [0.05, 0.1) is 4.47 Å². The first-order valence-corrected chi connectivity index (χ1v) is 9.19. The van der Waals surface area contributed by atoms with Crippen LogP contribution in [-0.4, -0.2) is 53.6 Å². The summed E-state index contributed by atoms with van der Waals surface area (Å²) in [6.07, 6.45) is 3.39. The molecular formula is C16H15Br2FN4O2. The number of benzene rings is 1. The number of halogens is 3. The summed E-state index contributed by atoms with van der Waals surface area (Å²) in [5, 5.41) is 0. The minimum atomic E-state index is -0.501. The number of amides is 1. The summed E-state index contributed by atoms with van der Waals surface area (Å²) in [4.78, 5) is 24.5. The van der Waals surface area contributed by atoms with Gasteiger partial charge in [-0.1, -0.05) is 15.9 Å². The molecule has 1 amide bonds. The quantitative estimate of drug-likeness (QED) is 0.683. The van der Waals surface area contributed by atoms with Gasteiger partial charge in [-0.25, -0.2) is 14.4 Å². The van der Waals surface area contributed by atoms with E-state index in [1.54, 1.807) is 23.4 Å². The number of carbonyl (C=O) groups excluding carboxylic acids is 1. The van der Waals surface area contributed by atoms with E-state index in [0.717, 1.165) is 4.47 Å². The molecule has 1 fully saturated rings. The van der Waals surface area contributed by atoms with Crippen LogP contribution < -0.4 is 9.64 Å². The Hall–Kier alpha value is -1.74. The van der Waals surface area contributed by atoms with Gasteiger partial charge in [0.2, 0.25) is 5.95 Å². The maximum Gasteiger partial charge on any atom is 0.260 e. The molecule has 1 aromatic carbocycles. The number of carbonyl (C=O) groups is 1. The highest BCUT2D eigenvalue weighted by atomic mass is 79.9. The van der Waals surface area contributed by atoms with Crippen molar-refractivity contribution in [2.75, 3.05) is 37.7 Å². The van der Waals surface area contributed by atoms with Crippen molar-refractivity contribution in [3.63, 3.8) is 0 Å². The third-order valence-corrected chi connectivity index (χ3v) is 4.67. The van der Waals surface area contributed by atoms with Crippen LogP contribution in [0.25, 0.3) is 0 Å². The third kappa shape index (κ3) is 4.66. The Morgan fingerprint density at radius 3 is 2.44 bits per heavy atom. The van der Waals surface area contributed by atoms with E-state index in [4.69, 9.17) is 4.74 Å². The van der Waals surface area contributed by atoms with Crippen LogP contribution in [0.1, 0.15) is 0 Å². The van der Waals surface area contributed by atoms with E-state index >= 15 is 0 Å². The number of hydrogen-bond donors (Lipinski definition) is 0. The molecular weight excluding hydrogens is 459 g/mol. The van der Waals surface area contributed by atoms with Gasteiger partial charge < -0.3 is 14.5 Å². The molecule has 1 aromatic heterocycles. The van der Waals surface area contributed by atoms with Crippen LogP contribution in [-0.2, 0) is 4.79 Å². The molecule has 25 heavy (non-hydrogen) atoms. The zero-order valence-corrected chi connectivity index (χ0v) is 16.3. The molecule has 1 aliphatic heterocycles. The first kappa shape index (κ1) is 18.1. The number of anilines is 1. The second-order valence-corrected chi connectivity index (χ2v) is 7.26. The molecule has 0 N–H and O–H groups in total. The van der Waals surface area contributed by atoms with Crippen LogP contribution >= 0.6 is 31.9 Å². The number of nitrogens with zero attached hydrogens (tertiary/aromatic N) is 4. The standard InChI is InChI=1S/C16H15Br2FN4O2/c17-11-1-2-14(13(19)7-11)25-10-15(24)22-3-5-23(6-4-22)16-20-8-12(18)9-21-16/h1-2,7-9H,3-6,10H2. The Balaban J connectivity index is 1.50. The van der Waals surface area contributed by atoms with Crippen molar-refractivity contribution in [2.24, 2.45) is 0 Å². The molecule has 0 radical (unpaired) electrons. The van der Waals surface area contributed by atoms with Crippen LogP contribution in [0.4, 0.5) is 10.3 Å². The molecule has 0 unspecified atom stereocenters. The average Bonchev–Trinajstić information content (AvgIpc) is 2.61. The minimum Gasteiger partial charge on any atom is -0.481 e. The molecule has 0 aliphatic carbocycles. The summed E-state index contributed by atoms with van der Waals surface area (Å²) < 4.78 is 20.4. The maximum atomic E-state index is 13.7. The molecule has 0 spiro atoms. The van der Waals surface area contributed by atoms with E-state index < -0.39 is 5.82 Å². The lowest BCUT2D eigenvalue weighted by atomic mass is 10.3. The molecule has 2 heterocycles. The van der Waals surface area contributed by atoms with Crippen molar-refractivity contribution in [1.29, 1.82) is 0 Å². The maximum absolute atomic E-state index is 13.7. The molecule has 0 atom stereocenters. The van der Waals surface area contributed by atoms with E-state index in [1.807, 2.05) is 4.90 Å². The van der Waals surface area contributed by atoms with E-state index in [1.165, 1.54) is 12.1 Å². The molecule has 1 aliphatic rings. The second-order valence-electron chi connectivity index (χ2n) is 5.43. The number of ether oxygens (including phenoxy) is 1. The summed E-state index contributed by atoms with van der Waals surface area (Å²) in [6.45, 7) is 2.18. The Labute approximate surface area is 161 Å². The van der Waals surface area contributed by atoms with Crippen LogP contribution in [0.2, 0.25) is 0 Å². The molecule has 0 bridgehead atoms. The van der Waals surface area contributed by atoms with Gasteiger partial charge in [-0.2, -0.15) is 0 Å². The summed E-state index contributed by atoms with van der Waals surface area (Å²) in [6, 6.07) is 4.46. The third-order valence-electron chi connectivity index (χ3n) is 3.77. The predicted octanol–water partition coefficient (Wildman–Crippen LogP) is 2.87. The summed E-state index contributed by atoms with van der Waals surface area (Å²) in [5.41, 5.74) is 0. The van der Waals surface area contributed by atoms with Crippen molar-refractivity contribution >= 4 is 43.7 Å². The van der Waals surface area contributed by atoms with Gasteiger partial charge in [0.15, 0.2) is 18.2 Å². The zero-order valence-electron chi connectivity index (χ0n) is 13.2. The van der Waals surface area contributed by atoms with Crippen molar-refractivity contribution in [3.8, 4) is 5.75 Å². The van der Waals surface area contributed by atoms with Gasteiger partial charge in [0, 0.05) is 43.0 Å². The van der Waals surface area contributed by atoms with Gasteiger partial charge in [-0.3, -0.25) is 4.79 Å². The fourth-order valence-corrected chi connectivity index (χ4v) is 2.99. The minimum absolute atomic E-state index is 0.0680. The number of hydrogen-bond acceptors (Lipinski definition) is 5. The highest BCUT2D eigenvalue weighted by Gasteiger charge is 2.23. The lowest BCUT2D eigenvalue weighted by Gasteiger charge is -2.34. The fourth-order valence-electron chi connectivity index (χ4n) is 2.45. The van der Waals surface area contributed by atoms with Gasteiger partial charge >= 0.3 is 0 Å². The van der Waals surface area contributed by atoms with Gasteiger partial charge in [-0.05, 0) is 34.1 Å². The molecule has 132 valence electrons. The second kappa shape index (κ2) is 8.09. The number of piperazine rings is 1. The first-order chi connectivity index (χ1) is 12.0. The van der Waals surface area contributed by atoms with Gasteiger partial charge in [0.1, 0.15) is 0 Å². The number of aromatic nitrogens is 2. The van der Waals surface area contributed by atoms with E-state index in [-0.39, 0.29) is 18.3 Å². The molecule has 6 nitrogen and oxygen atoms in total. The Bertz CT molecular complexity index is 752. The molecule has 0 saturated carbocycles. The van der Waals surface area contributed by atoms with E-state index in [0.29, 0.717) is 36.6 Å². The van der Waals surface area contributed by atoms with E-state index in [2.05, 4.69) is 41.8 Å². The number of rotatable bonds is 4. The highest BCUT2D eigenvalue weighted by molar-refractivity contribution is 9.10. The lowest BCUT2D eigenvalue weighted by molar-refractivity contribution is -0.133. The molecule has 2 aromatic rings. The Morgan fingerprint density at radius 2 is 1.80 bits per heavy atom. The molecule has 1 saturated heterocycles. The smallest absolute Gasteiger partial charge is 0.260 e. The summed E-state index contributed by atoms with van der Waals surface area (Å²) >= 11 is 6.48. The molecule has 3 rings (SSSR count). The monoisotopic (exact) mass is 472 g/mol.